The van der Waals surface area contributed by atoms with Gasteiger partial charge < -0.3 is 9.47 Å². The van der Waals surface area contributed by atoms with E-state index in [0.717, 1.165) is 21.5 Å². The number of amides is 1. The van der Waals surface area contributed by atoms with Crippen molar-refractivity contribution in [1.29, 1.82) is 0 Å². The highest BCUT2D eigenvalue weighted by atomic mass is 32.1. The number of carbonyl (C=O) groups excluding carboxylic acids is 1. The maximum Gasteiger partial charge on any atom is 0.267 e. The molecule has 0 aliphatic rings. The molecule has 6 nitrogen and oxygen atoms in total. The predicted octanol–water partition coefficient (Wildman–Crippen LogP) is 4.93. The number of ether oxygens (including phenoxy) is 2. The summed E-state index contributed by atoms with van der Waals surface area (Å²) in [5.41, 5.74) is 4.20. The van der Waals surface area contributed by atoms with Crippen molar-refractivity contribution in [3.05, 3.63) is 77.6 Å². The van der Waals surface area contributed by atoms with Crippen LogP contribution in [-0.4, -0.2) is 29.6 Å². The molecule has 0 atom stereocenters. The van der Waals surface area contributed by atoms with E-state index in [9.17, 15) is 4.79 Å². The van der Waals surface area contributed by atoms with Crippen molar-refractivity contribution in [2.75, 3.05) is 18.6 Å². The Morgan fingerprint density at radius 2 is 1.81 bits per heavy atom. The summed E-state index contributed by atoms with van der Waals surface area (Å²) >= 11 is 1.50. The second kappa shape index (κ2) is 9.14. The van der Waals surface area contributed by atoms with Crippen LogP contribution < -0.4 is 14.4 Å². The van der Waals surface area contributed by atoms with Gasteiger partial charge in [-0.3, -0.25) is 14.7 Å². The van der Waals surface area contributed by atoms with Crippen molar-refractivity contribution in [1.82, 2.24) is 9.97 Å². The van der Waals surface area contributed by atoms with Crippen LogP contribution in [0.5, 0.6) is 11.5 Å². The molecule has 31 heavy (non-hydrogen) atoms. The molecular formula is C24H23N3O3S. The Kier molecular flexibility index (Phi) is 6.13. The quantitative estimate of drug-likeness (QED) is 0.414. The van der Waals surface area contributed by atoms with Gasteiger partial charge in [-0.15, -0.1) is 0 Å². The number of hydrogen-bond acceptors (Lipinski definition) is 6. The average Bonchev–Trinajstić information content (AvgIpc) is 3.19. The van der Waals surface area contributed by atoms with Crippen molar-refractivity contribution in [2.45, 2.75) is 20.4 Å². The lowest BCUT2D eigenvalue weighted by molar-refractivity contribution is -0.120. The SMILES string of the molecule is COc1ccc(OCC(=O)N(Cc2cccnc2)c2nc3cc(C)c(C)cc3s2)cc1. The second-order valence-corrected chi connectivity index (χ2v) is 8.22. The number of anilines is 1. The molecule has 0 aliphatic heterocycles. The van der Waals surface area contributed by atoms with Crippen molar-refractivity contribution >= 4 is 32.6 Å². The molecule has 4 aromatic rings. The summed E-state index contributed by atoms with van der Waals surface area (Å²) in [7, 11) is 1.61. The van der Waals surface area contributed by atoms with Gasteiger partial charge in [0.1, 0.15) is 11.5 Å². The third kappa shape index (κ3) is 4.83. The maximum absolute atomic E-state index is 13.2. The van der Waals surface area contributed by atoms with Gasteiger partial charge in [0.2, 0.25) is 0 Å². The van der Waals surface area contributed by atoms with Crippen molar-refractivity contribution < 1.29 is 14.3 Å². The number of aromatic nitrogens is 2. The lowest BCUT2D eigenvalue weighted by atomic mass is 10.1. The summed E-state index contributed by atoms with van der Waals surface area (Å²) < 4.78 is 11.9. The van der Waals surface area contributed by atoms with E-state index in [2.05, 4.69) is 31.0 Å². The monoisotopic (exact) mass is 433 g/mol. The van der Waals surface area contributed by atoms with Gasteiger partial charge in [-0.05, 0) is 73.0 Å². The van der Waals surface area contributed by atoms with Gasteiger partial charge in [0, 0.05) is 12.4 Å². The third-order valence-electron chi connectivity index (χ3n) is 5.01. The molecule has 0 radical (unpaired) electrons. The lowest BCUT2D eigenvalue weighted by Crippen LogP contribution is -2.34. The Bertz CT molecular complexity index is 1150. The fourth-order valence-corrected chi connectivity index (χ4v) is 4.18. The first-order chi connectivity index (χ1) is 15.0. The first-order valence-corrected chi connectivity index (χ1v) is 10.7. The van der Waals surface area contributed by atoms with Crippen molar-refractivity contribution in [3.8, 4) is 11.5 Å². The van der Waals surface area contributed by atoms with E-state index in [1.807, 2.05) is 12.1 Å². The number of fused-ring (bicyclic) bond motifs is 1. The Hall–Kier alpha value is -3.45. The number of hydrogen-bond donors (Lipinski definition) is 0. The topological polar surface area (TPSA) is 64.6 Å². The molecule has 0 unspecified atom stereocenters. The Labute approximate surface area is 185 Å². The second-order valence-electron chi connectivity index (χ2n) is 7.21. The Morgan fingerprint density at radius 1 is 1.06 bits per heavy atom. The van der Waals surface area contributed by atoms with Crippen molar-refractivity contribution in [3.63, 3.8) is 0 Å². The highest BCUT2D eigenvalue weighted by Gasteiger charge is 2.21. The number of thiazole rings is 1. The van der Waals surface area contributed by atoms with E-state index >= 15 is 0 Å². The largest absolute Gasteiger partial charge is 0.497 e. The zero-order valence-corrected chi connectivity index (χ0v) is 18.5. The molecule has 0 spiro atoms. The lowest BCUT2D eigenvalue weighted by Gasteiger charge is -2.20. The van der Waals surface area contributed by atoms with Gasteiger partial charge >= 0.3 is 0 Å². The summed E-state index contributed by atoms with van der Waals surface area (Å²) in [6.45, 7) is 4.42. The minimum absolute atomic E-state index is 0.0967. The van der Waals surface area contributed by atoms with Gasteiger partial charge in [-0.2, -0.15) is 0 Å². The number of aryl methyl sites for hydroxylation is 2. The van der Waals surface area contributed by atoms with Gasteiger partial charge in [0.25, 0.3) is 5.91 Å². The van der Waals surface area contributed by atoms with E-state index < -0.39 is 0 Å². The van der Waals surface area contributed by atoms with E-state index in [1.54, 1.807) is 48.7 Å². The van der Waals surface area contributed by atoms with Crippen LogP contribution in [0.1, 0.15) is 16.7 Å². The summed E-state index contributed by atoms with van der Waals surface area (Å²) in [5, 5.41) is 0.646. The molecule has 7 heteroatoms. The van der Waals surface area contributed by atoms with E-state index in [-0.39, 0.29) is 12.5 Å². The van der Waals surface area contributed by atoms with Gasteiger partial charge in [-0.1, -0.05) is 17.4 Å². The zero-order chi connectivity index (χ0) is 21.8. The van der Waals surface area contributed by atoms with E-state index in [1.165, 1.54) is 22.5 Å². The highest BCUT2D eigenvalue weighted by molar-refractivity contribution is 7.22. The molecular weight excluding hydrogens is 410 g/mol. The average molecular weight is 434 g/mol. The predicted molar refractivity (Wildman–Crippen MR) is 123 cm³/mol. The fourth-order valence-electron chi connectivity index (χ4n) is 3.11. The van der Waals surface area contributed by atoms with Crippen LogP contribution in [0, 0.1) is 13.8 Å². The van der Waals surface area contributed by atoms with Crippen LogP contribution in [0.15, 0.2) is 60.9 Å². The molecule has 1 amide bonds. The fraction of sp³-hybridized carbons (Fsp3) is 0.208. The number of rotatable bonds is 7. The molecule has 0 N–H and O–H groups in total. The summed E-state index contributed by atoms with van der Waals surface area (Å²) in [4.78, 5) is 23.7. The summed E-state index contributed by atoms with van der Waals surface area (Å²) in [5.74, 6) is 1.16. The van der Waals surface area contributed by atoms with Crippen LogP contribution in [0.25, 0.3) is 10.2 Å². The maximum atomic E-state index is 13.2. The number of pyridine rings is 1. The summed E-state index contributed by atoms with van der Waals surface area (Å²) in [6, 6.07) is 15.1. The Balaban J connectivity index is 1.59. The Morgan fingerprint density at radius 3 is 2.52 bits per heavy atom. The van der Waals surface area contributed by atoms with Gasteiger partial charge in [-0.25, -0.2) is 4.98 Å². The molecule has 2 aromatic heterocycles. The minimum atomic E-state index is -0.174. The molecule has 2 aromatic carbocycles. The molecule has 0 bridgehead atoms. The first-order valence-electron chi connectivity index (χ1n) is 9.87. The van der Waals surface area contributed by atoms with E-state index in [0.29, 0.717) is 17.4 Å². The standard InChI is InChI=1S/C24H23N3O3S/c1-16-11-21-22(12-17(16)2)31-24(26-21)27(14-18-5-4-10-25-13-18)23(28)15-30-20-8-6-19(29-3)7-9-20/h4-13H,14-15H2,1-3H3. The van der Waals surface area contributed by atoms with Crippen LogP contribution in [-0.2, 0) is 11.3 Å². The third-order valence-corrected chi connectivity index (χ3v) is 6.05. The number of methoxy groups -OCH3 is 1. The normalized spacial score (nSPS) is 10.8. The first kappa shape index (κ1) is 20.8. The molecule has 158 valence electrons. The molecule has 2 heterocycles. The smallest absolute Gasteiger partial charge is 0.267 e. The minimum Gasteiger partial charge on any atom is -0.497 e. The number of carbonyl (C=O) groups is 1. The van der Waals surface area contributed by atoms with E-state index in [4.69, 9.17) is 14.5 Å². The van der Waals surface area contributed by atoms with Crippen LogP contribution >= 0.6 is 11.3 Å². The molecule has 0 saturated carbocycles. The molecule has 0 fully saturated rings. The van der Waals surface area contributed by atoms with Crippen LogP contribution in [0.2, 0.25) is 0 Å². The molecule has 4 rings (SSSR count). The number of benzene rings is 2. The summed E-state index contributed by atoms with van der Waals surface area (Å²) in [6.07, 6.45) is 3.47. The number of nitrogens with zero attached hydrogens (tertiary/aromatic N) is 3. The van der Waals surface area contributed by atoms with Crippen molar-refractivity contribution in [2.24, 2.45) is 0 Å². The molecule has 0 saturated heterocycles. The highest BCUT2D eigenvalue weighted by Crippen LogP contribution is 2.32. The molecule has 0 aliphatic carbocycles. The van der Waals surface area contributed by atoms with Gasteiger partial charge in [0.15, 0.2) is 11.7 Å². The zero-order valence-electron chi connectivity index (χ0n) is 17.7. The van der Waals surface area contributed by atoms with Crippen LogP contribution in [0.4, 0.5) is 5.13 Å². The van der Waals surface area contributed by atoms with Gasteiger partial charge in [0.05, 0.1) is 23.9 Å². The van der Waals surface area contributed by atoms with Crippen LogP contribution in [0.3, 0.4) is 0 Å².